The van der Waals surface area contributed by atoms with Crippen molar-refractivity contribution in [2.75, 3.05) is 5.73 Å². The van der Waals surface area contributed by atoms with Gasteiger partial charge in [-0.1, -0.05) is 29.8 Å². The third-order valence-corrected chi connectivity index (χ3v) is 5.97. The molecule has 118 valence electrons. The molecule has 0 spiro atoms. The molecule has 0 fully saturated rings. The standard InChI is InChI=1S/C13H13ClN2O4S2/c14-11-6-5-10(7-12(11)15)21(17,18)8-9-3-1-2-4-13(9)22(16,19)20/h1-7H,8,15H2,(H2,16,19,20). The highest BCUT2D eigenvalue weighted by Crippen LogP contribution is 2.26. The zero-order chi connectivity index (χ0) is 16.5. The second kappa shape index (κ2) is 5.88. The van der Waals surface area contributed by atoms with Gasteiger partial charge in [0.05, 0.1) is 26.3 Å². The van der Waals surface area contributed by atoms with Gasteiger partial charge in [0.25, 0.3) is 0 Å². The smallest absolute Gasteiger partial charge is 0.238 e. The first-order valence-corrected chi connectivity index (χ1v) is 9.57. The maximum absolute atomic E-state index is 12.4. The number of primary sulfonamides is 1. The summed E-state index contributed by atoms with van der Waals surface area (Å²) in [7, 11) is -7.81. The molecule has 0 saturated carbocycles. The molecule has 0 heterocycles. The molecule has 2 aromatic rings. The third-order valence-electron chi connectivity index (χ3n) is 2.95. The van der Waals surface area contributed by atoms with Crippen molar-refractivity contribution in [3.8, 4) is 0 Å². The molecule has 0 aliphatic carbocycles. The monoisotopic (exact) mass is 360 g/mol. The van der Waals surface area contributed by atoms with Crippen LogP contribution in [-0.4, -0.2) is 16.8 Å². The summed E-state index contributed by atoms with van der Waals surface area (Å²) in [4.78, 5) is -0.265. The molecule has 0 aliphatic heterocycles. The molecule has 2 aromatic carbocycles. The highest BCUT2D eigenvalue weighted by atomic mass is 35.5. The minimum absolute atomic E-state index is 0.0429. The van der Waals surface area contributed by atoms with Gasteiger partial charge in [-0.25, -0.2) is 22.0 Å². The molecule has 9 heteroatoms. The Labute approximate surface area is 133 Å². The van der Waals surface area contributed by atoms with Gasteiger partial charge >= 0.3 is 0 Å². The predicted octanol–water partition coefficient (Wildman–Crippen LogP) is 1.54. The van der Waals surface area contributed by atoms with E-state index in [1.165, 1.54) is 42.5 Å². The van der Waals surface area contributed by atoms with E-state index in [1.54, 1.807) is 0 Å². The average molecular weight is 361 g/mol. The highest BCUT2D eigenvalue weighted by Gasteiger charge is 2.21. The molecule has 0 unspecified atom stereocenters. The van der Waals surface area contributed by atoms with Crippen LogP contribution in [0.2, 0.25) is 5.02 Å². The summed E-state index contributed by atoms with van der Waals surface area (Å²) in [6.45, 7) is 0. The normalized spacial score (nSPS) is 12.3. The molecule has 0 atom stereocenters. The first kappa shape index (κ1) is 16.8. The van der Waals surface area contributed by atoms with Crippen molar-refractivity contribution in [3.63, 3.8) is 0 Å². The van der Waals surface area contributed by atoms with Crippen LogP contribution in [0.3, 0.4) is 0 Å². The van der Waals surface area contributed by atoms with Gasteiger partial charge in [-0.3, -0.25) is 0 Å². The summed E-state index contributed by atoms with van der Waals surface area (Å²) < 4.78 is 47.9. The number of sulfone groups is 1. The average Bonchev–Trinajstić information content (AvgIpc) is 2.40. The van der Waals surface area contributed by atoms with Crippen molar-refractivity contribution in [1.29, 1.82) is 0 Å². The van der Waals surface area contributed by atoms with E-state index in [2.05, 4.69) is 0 Å². The van der Waals surface area contributed by atoms with E-state index in [4.69, 9.17) is 22.5 Å². The lowest BCUT2D eigenvalue weighted by Crippen LogP contribution is -2.16. The molecular weight excluding hydrogens is 348 g/mol. The van der Waals surface area contributed by atoms with Gasteiger partial charge in [-0.15, -0.1) is 0 Å². The molecule has 0 aliphatic rings. The Bertz CT molecular complexity index is 925. The van der Waals surface area contributed by atoms with E-state index in [0.717, 1.165) is 0 Å². The molecule has 2 rings (SSSR count). The van der Waals surface area contributed by atoms with Crippen LogP contribution < -0.4 is 10.9 Å². The van der Waals surface area contributed by atoms with Crippen molar-refractivity contribution in [2.24, 2.45) is 5.14 Å². The quantitative estimate of drug-likeness (QED) is 0.801. The summed E-state index contributed by atoms with van der Waals surface area (Å²) in [6.07, 6.45) is 0. The Morgan fingerprint density at radius 2 is 1.64 bits per heavy atom. The van der Waals surface area contributed by atoms with E-state index in [-0.39, 0.29) is 26.1 Å². The Morgan fingerprint density at radius 3 is 2.23 bits per heavy atom. The first-order valence-electron chi connectivity index (χ1n) is 6.00. The van der Waals surface area contributed by atoms with E-state index in [0.29, 0.717) is 0 Å². The van der Waals surface area contributed by atoms with Crippen LogP contribution in [-0.2, 0) is 25.6 Å². The Kier molecular flexibility index (Phi) is 4.48. The SMILES string of the molecule is Nc1cc(S(=O)(=O)Cc2ccccc2S(N)(=O)=O)ccc1Cl. The summed E-state index contributed by atoms with van der Waals surface area (Å²) in [5.74, 6) is -0.513. The Balaban J connectivity index is 2.48. The number of benzene rings is 2. The number of halogens is 1. The Hall–Kier alpha value is -1.61. The zero-order valence-electron chi connectivity index (χ0n) is 11.2. The molecule has 0 saturated heterocycles. The van der Waals surface area contributed by atoms with Gasteiger partial charge in [0.1, 0.15) is 0 Å². The van der Waals surface area contributed by atoms with Gasteiger partial charge < -0.3 is 5.73 Å². The van der Waals surface area contributed by atoms with Crippen LogP contribution in [0.25, 0.3) is 0 Å². The minimum atomic E-state index is -4.01. The first-order chi connectivity index (χ1) is 10.1. The summed E-state index contributed by atoms with van der Waals surface area (Å²) in [5, 5.41) is 5.34. The number of rotatable bonds is 4. The van der Waals surface area contributed by atoms with Gasteiger partial charge in [0.15, 0.2) is 9.84 Å². The van der Waals surface area contributed by atoms with Gasteiger partial charge in [-0.05, 0) is 29.8 Å². The topological polar surface area (TPSA) is 120 Å². The summed E-state index contributed by atoms with van der Waals surface area (Å²) in [5.41, 5.74) is 5.82. The van der Waals surface area contributed by atoms with Crippen molar-refractivity contribution in [1.82, 2.24) is 0 Å². The van der Waals surface area contributed by atoms with Crippen LogP contribution in [0.5, 0.6) is 0 Å². The fraction of sp³-hybridized carbons (Fsp3) is 0.0769. The van der Waals surface area contributed by atoms with Crippen LogP contribution in [0, 0.1) is 0 Å². The van der Waals surface area contributed by atoms with Crippen LogP contribution >= 0.6 is 11.6 Å². The fourth-order valence-electron chi connectivity index (χ4n) is 1.90. The van der Waals surface area contributed by atoms with Crippen LogP contribution in [0.4, 0.5) is 5.69 Å². The van der Waals surface area contributed by atoms with E-state index >= 15 is 0 Å². The minimum Gasteiger partial charge on any atom is -0.397 e. The fourth-order valence-corrected chi connectivity index (χ4v) is 4.30. The van der Waals surface area contributed by atoms with Crippen LogP contribution in [0.15, 0.2) is 52.3 Å². The van der Waals surface area contributed by atoms with E-state index < -0.39 is 25.6 Å². The van der Waals surface area contributed by atoms with Crippen molar-refractivity contribution in [2.45, 2.75) is 15.5 Å². The summed E-state index contributed by atoms with van der Waals surface area (Å²) in [6, 6.07) is 9.58. The lowest BCUT2D eigenvalue weighted by atomic mass is 10.2. The molecule has 0 amide bonds. The second-order valence-electron chi connectivity index (χ2n) is 4.60. The lowest BCUT2D eigenvalue weighted by molar-refractivity contribution is 0.593. The van der Waals surface area contributed by atoms with Crippen molar-refractivity contribution < 1.29 is 16.8 Å². The van der Waals surface area contributed by atoms with Gasteiger partial charge in [-0.2, -0.15) is 0 Å². The van der Waals surface area contributed by atoms with Gasteiger partial charge in [0.2, 0.25) is 10.0 Å². The molecular formula is C13H13ClN2O4S2. The molecule has 22 heavy (non-hydrogen) atoms. The molecule has 0 radical (unpaired) electrons. The number of anilines is 1. The Morgan fingerprint density at radius 1 is 1.00 bits per heavy atom. The van der Waals surface area contributed by atoms with Crippen molar-refractivity contribution >= 4 is 37.1 Å². The number of hydrogen-bond donors (Lipinski definition) is 2. The van der Waals surface area contributed by atoms with E-state index in [9.17, 15) is 16.8 Å². The maximum Gasteiger partial charge on any atom is 0.238 e. The molecule has 0 bridgehead atoms. The number of nitrogens with two attached hydrogens (primary N) is 2. The molecule has 4 N–H and O–H groups in total. The van der Waals surface area contributed by atoms with Gasteiger partial charge in [0, 0.05) is 0 Å². The van der Waals surface area contributed by atoms with E-state index in [1.807, 2.05) is 0 Å². The predicted molar refractivity (Wildman–Crippen MR) is 84.6 cm³/mol. The third kappa shape index (κ3) is 3.58. The number of nitrogen functional groups attached to an aromatic ring is 1. The van der Waals surface area contributed by atoms with Crippen LogP contribution in [0.1, 0.15) is 5.56 Å². The van der Waals surface area contributed by atoms with Crippen molar-refractivity contribution in [3.05, 3.63) is 53.1 Å². The lowest BCUT2D eigenvalue weighted by Gasteiger charge is -2.09. The summed E-state index contributed by atoms with van der Waals surface area (Å²) >= 11 is 5.76. The second-order valence-corrected chi connectivity index (χ2v) is 8.52. The number of sulfonamides is 1. The molecule has 6 nitrogen and oxygen atoms in total. The number of hydrogen-bond acceptors (Lipinski definition) is 5. The highest BCUT2D eigenvalue weighted by molar-refractivity contribution is 7.91. The largest absolute Gasteiger partial charge is 0.397 e. The molecule has 0 aromatic heterocycles. The maximum atomic E-state index is 12.4. The zero-order valence-corrected chi connectivity index (χ0v) is 13.6.